The molecule has 3 rings (SSSR count). The Balaban J connectivity index is 2.00. The first-order valence-electron chi connectivity index (χ1n) is 7.30. The first-order chi connectivity index (χ1) is 11.9. The summed E-state index contributed by atoms with van der Waals surface area (Å²) in [7, 11) is 0. The lowest BCUT2D eigenvalue weighted by molar-refractivity contribution is 0.226. The maximum absolute atomic E-state index is 13.7. The zero-order valence-electron chi connectivity index (χ0n) is 13.3. The highest BCUT2D eigenvalue weighted by Crippen LogP contribution is 2.30. The van der Waals surface area contributed by atoms with Gasteiger partial charge in [0.1, 0.15) is 29.5 Å². The second-order valence-electron chi connectivity index (χ2n) is 5.41. The second-order valence-corrected chi connectivity index (χ2v) is 5.72. The van der Waals surface area contributed by atoms with Crippen LogP contribution in [0.3, 0.4) is 0 Å². The number of aryl methyl sites for hydroxylation is 2. The van der Waals surface area contributed by atoms with Crippen LogP contribution in [0, 0.1) is 25.5 Å². The quantitative estimate of drug-likeness (QED) is 0.636. The number of carbonyl (C=O) groups excluding carboxylic acids is 1. The minimum atomic E-state index is -0.990. The van der Waals surface area contributed by atoms with E-state index in [0.29, 0.717) is 11.2 Å². The third-order valence-electron chi connectivity index (χ3n) is 3.57. The Labute approximate surface area is 146 Å². The minimum absolute atomic E-state index is 0.187. The van der Waals surface area contributed by atoms with Gasteiger partial charge in [-0.3, -0.25) is 0 Å². The van der Waals surface area contributed by atoms with Crippen LogP contribution in [0.15, 0.2) is 30.3 Å². The number of carbonyl (C=O) groups is 1. The molecule has 0 amide bonds. The van der Waals surface area contributed by atoms with E-state index < -0.39 is 17.1 Å². The van der Waals surface area contributed by atoms with E-state index in [2.05, 4.69) is 5.10 Å². The van der Waals surface area contributed by atoms with Gasteiger partial charge in [0.25, 0.3) is 0 Å². The van der Waals surface area contributed by atoms with Gasteiger partial charge in [0.15, 0.2) is 5.75 Å². The van der Waals surface area contributed by atoms with Crippen molar-refractivity contribution >= 4 is 22.5 Å². The van der Waals surface area contributed by atoms with Crippen LogP contribution in [0.5, 0.6) is 11.6 Å². The van der Waals surface area contributed by atoms with E-state index >= 15 is 0 Å². The number of halogens is 3. The van der Waals surface area contributed by atoms with Gasteiger partial charge in [0.2, 0.25) is 5.88 Å². The molecule has 0 bridgehead atoms. The maximum Gasteiger partial charge on any atom is 0.409 e. The van der Waals surface area contributed by atoms with Crippen LogP contribution >= 0.6 is 11.6 Å². The number of hydrogen-bond acceptors (Lipinski definition) is 4. The van der Waals surface area contributed by atoms with E-state index in [1.165, 1.54) is 10.6 Å². The molecule has 0 radical (unpaired) electrons. The molecule has 3 aromatic rings. The van der Waals surface area contributed by atoms with Crippen molar-refractivity contribution in [1.82, 2.24) is 9.61 Å². The molecule has 0 saturated carbocycles. The highest BCUT2D eigenvalue weighted by Gasteiger charge is 2.18. The molecule has 2 aromatic heterocycles. The lowest BCUT2D eigenvalue weighted by Gasteiger charge is -2.10. The molecule has 0 unspecified atom stereocenters. The Morgan fingerprint density at radius 1 is 1.24 bits per heavy atom. The van der Waals surface area contributed by atoms with Crippen LogP contribution in [0.2, 0.25) is 0 Å². The topological polar surface area (TPSA) is 52.8 Å². The van der Waals surface area contributed by atoms with Crippen molar-refractivity contribution in [3.8, 4) is 11.6 Å². The van der Waals surface area contributed by atoms with Crippen molar-refractivity contribution < 1.29 is 23.0 Å². The van der Waals surface area contributed by atoms with Gasteiger partial charge in [-0.2, -0.15) is 9.61 Å². The van der Waals surface area contributed by atoms with Gasteiger partial charge >= 0.3 is 5.43 Å². The number of aromatic nitrogens is 2. The number of nitrogens with zero attached hydrogens (tertiary/aromatic N) is 2. The summed E-state index contributed by atoms with van der Waals surface area (Å²) in [5.41, 5.74) is 0.476. The van der Waals surface area contributed by atoms with Crippen LogP contribution in [0.4, 0.5) is 13.6 Å². The van der Waals surface area contributed by atoms with Crippen LogP contribution in [0.25, 0.3) is 5.52 Å². The zero-order valence-corrected chi connectivity index (χ0v) is 14.1. The van der Waals surface area contributed by atoms with Gasteiger partial charge in [-0.1, -0.05) is 6.07 Å². The highest BCUT2D eigenvalue weighted by atomic mass is 35.5. The molecular weight excluding hydrogens is 354 g/mol. The molecule has 0 aliphatic carbocycles. The van der Waals surface area contributed by atoms with Crippen molar-refractivity contribution in [1.29, 1.82) is 0 Å². The van der Waals surface area contributed by atoms with Gasteiger partial charge in [0, 0.05) is 17.7 Å². The lowest BCUT2D eigenvalue weighted by Crippen LogP contribution is -2.05. The fraction of sp³-hybridized carbons (Fsp3) is 0.176. The van der Waals surface area contributed by atoms with Gasteiger partial charge in [-0.15, -0.1) is 0 Å². The minimum Gasteiger partial charge on any atom is -0.473 e. The number of benzene rings is 1. The van der Waals surface area contributed by atoms with Crippen molar-refractivity contribution in [2.45, 2.75) is 20.5 Å². The molecular formula is C17H13ClF2N2O3. The monoisotopic (exact) mass is 366 g/mol. The predicted molar refractivity (Wildman–Crippen MR) is 87.2 cm³/mol. The first kappa shape index (κ1) is 17.2. The third-order valence-corrected chi connectivity index (χ3v) is 3.65. The number of pyridine rings is 1. The van der Waals surface area contributed by atoms with E-state index in [9.17, 15) is 13.6 Å². The van der Waals surface area contributed by atoms with Crippen molar-refractivity contribution in [3.05, 3.63) is 58.8 Å². The molecule has 0 atom stereocenters. The van der Waals surface area contributed by atoms with Gasteiger partial charge in [-0.25, -0.2) is 13.6 Å². The largest absolute Gasteiger partial charge is 0.473 e. The fourth-order valence-corrected chi connectivity index (χ4v) is 2.54. The van der Waals surface area contributed by atoms with Crippen molar-refractivity contribution in [2.75, 3.05) is 0 Å². The van der Waals surface area contributed by atoms with E-state index in [1.54, 1.807) is 26.0 Å². The summed E-state index contributed by atoms with van der Waals surface area (Å²) in [6.07, 6.45) is 0. The molecule has 25 heavy (non-hydrogen) atoms. The molecule has 0 spiro atoms. The first-order valence-corrected chi connectivity index (χ1v) is 7.67. The molecule has 130 valence electrons. The average molecular weight is 367 g/mol. The maximum atomic E-state index is 13.7. The Morgan fingerprint density at radius 2 is 1.92 bits per heavy atom. The highest BCUT2D eigenvalue weighted by molar-refractivity contribution is 6.61. The molecule has 1 aromatic carbocycles. The Hall–Kier alpha value is -2.67. The van der Waals surface area contributed by atoms with Crippen molar-refractivity contribution in [2.24, 2.45) is 0 Å². The summed E-state index contributed by atoms with van der Waals surface area (Å²) in [5, 5.41) is 4.23. The molecule has 0 aliphatic rings. The van der Waals surface area contributed by atoms with Gasteiger partial charge < -0.3 is 9.47 Å². The molecule has 8 heteroatoms. The van der Waals surface area contributed by atoms with Crippen molar-refractivity contribution in [3.63, 3.8) is 0 Å². The van der Waals surface area contributed by atoms with E-state index in [0.717, 1.165) is 17.7 Å². The average Bonchev–Trinajstić information content (AvgIpc) is 2.82. The summed E-state index contributed by atoms with van der Waals surface area (Å²) >= 11 is 5.28. The molecule has 0 aliphatic heterocycles. The Kier molecular flexibility index (Phi) is 4.59. The van der Waals surface area contributed by atoms with Crippen LogP contribution < -0.4 is 9.47 Å². The fourth-order valence-electron chi connectivity index (χ4n) is 2.46. The summed E-state index contributed by atoms with van der Waals surface area (Å²) in [5.74, 6) is -0.946. The molecule has 2 heterocycles. The predicted octanol–water partition coefficient (Wildman–Crippen LogP) is 4.55. The molecule has 0 N–H and O–H groups in total. The summed E-state index contributed by atoms with van der Waals surface area (Å²) in [4.78, 5) is 11.1. The van der Waals surface area contributed by atoms with E-state index in [4.69, 9.17) is 21.1 Å². The number of ether oxygens (including phenoxy) is 2. The second kappa shape index (κ2) is 6.68. The standard InChI is InChI=1S/C17H13ClF2N2O3/c1-9-6-14-16(25-17(18)23)10(2)21-22(14)15(7-9)24-8-11-12(19)4-3-5-13(11)20/h3-7H,8H2,1-2H3. The lowest BCUT2D eigenvalue weighted by atomic mass is 10.2. The van der Waals surface area contributed by atoms with Crippen LogP contribution in [-0.4, -0.2) is 15.0 Å². The van der Waals surface area contributed by atoms with Crippen LogP contribution in [-0.2, 0) is 6.61 Å². The van der Waals surface area contributed by atoms with Gasteiger partial charge in [-0.05, 0) is 37.6 Å². The molecule has 0 saturated heterocycles. The Bertz CT molecular complexity index is 952. The number of fused-ring (bicyclic) bond motifs is 1. The summed E-state index contributed by atoms with van der Waals surface area (Å²) in [6.45, 7) is 3.11. The summed E-state index contributed by atoms with van der Waals surface area (Å²) < 4.78 is 39.4. The SMILES string of the molecule is Cc1cc(OCc2c(F)cccc2F)n2nc(C)c(OC(=O)Cl)c2c1. The van der Waals surface area contributed by atoms with Crippen LogP contribution in [0.1, 0.15) is 16.8 Å². The Morgan fingerprint density at radius 3 is 2.56 bits per heavy atom. The number of rotatable bonds is 4. The zero-order chi connectivity index (χ0) is 18.1. The van der Waals surface area contributed by atoms with Gasteiger partial charge in [0.05, 0.1) is 5.56 Å². The number of hydrogen-bond donors (Lipinski definition) is 0. The third kappa shape index (κ3) is 3.41. The smallest absolute Gasteiger partial charge is 0.409 e. The summed E-state index contributed by atoms with van der Waals surface area (Å²) in [6, 6.07) is 6.98. The normalized spacial score (nSPS) is 10.9. The van der Waals surface area contributed by atoms with E-state index in [1.807, 2.05) is 0 Å². The molecule has 0 fully saturated rings. The van der Waals surface area contributed by atoms with E-state index in [-0.39, 0.29) is 23.8 Å². The molecule has 5 nitrogen and oxygen atoms in total.